The van der Waals surface area contributed by atoms with Crippen LogP contribution in [0, 0.1) is 10.1 Å². The highest BCUT2D eigenvalue weighted by Gasteiger charge is 2.20. The van der Waals surface area contributed by atoms with Crippen LogP contribution in [-0.4, -0.2) is 39.0 Å². The van der Waals surface area contributed by atoms with Crippen LogP contribution in [0.1, 0.15) is 39.6 Å². The summed E-state index contributed by atoms with van der Waals surface area (Å²) in [6.45, 7) is 1.83. The minimum absolute atomic E-state index is 0.0520. The van der Waals surface area contributed by atoms with E-state index in [1.54, 1.807) is 54.6 Å². The number of halogens is 1. The van der Waals surface area contributed by atoms with Crippen LogP contribution in [-0.2, 0) is 9.59 Å². The Morgan fingerprint density at radius 2 is 1.61 bits per heavy atom. The van der Waals surface area contributed by atoms with Crippen LogP contribution in [0.15, 0.2) is 108 Å². The molecule has 4 rings (SSSR count). The van der Waals surface area contributed by atoms with Gasteiger partial charge in [-0.05, 0) is 78.7 Å². The molecule has 46 heavy (non-hydrogen) atoms. The third-order valence-electron chi connectivity index (χ3n) is 6.44. The number of thioether (sulfide) groups is 1. The van der Waals surface area contributed by atoms with Crippen LogP contribution in [0.5, 0.6) is 0 Å². The molecule has 0 aliphatic carbocycles. The molecule has 0 spiro atoms. The molecule has 0 aromatic heterocycles. The van der Waals surface area contributed by atoms with Gasteiger partial charge >= 0.3 is 5.97 Å². The van der Waals surface area contributed by atoms with Crippen LogP contribution in [0.4, 0.5) is 17.1 Å². The maximum absolute atomic E-state index is 13.4. The molecule has 11 nitrogen and oxygen atoms in total. The molecule has 0 saturated carbocycles. The number of anilines is 2. The second kappa shape index (κ2) is 15.5. The normalized spacial score (nSPS) is 11.7. The zero-order valence-electron chi connectivity index (χ0n) is 24.2. The van der Waals surface area contributed by atoms with Crippen molar-refractivity contribution in [1.29, 1.82) is 0 Å². The highest BCUT2D eigenvalue weighted by molar-refractivity contribution is 8.00. The molecule has 0 saturated heterocycles. The van der Waals surface area contributed by atoms with E-state index < -0.39 is 28.0 Å². The molecular formula is C33H27ClN4O7S. The van der Waals surface area contributed by atoms with Crippen LogP contribution in [0.25, 0.3) is 6.08 Å². The van der Waals surface area contributed by atoms with E-state index in [1.807, 2.05) is 6.92 Å². The smallest absolute Gasteiger partial charge is 0.337 e. The van der Waals surface area contributed by atoms with Gasteiger partial charge in [-0.2, -0.15) is 0 Å². The fourth-order valence-electron chi connectivity index (χ4n) is 4.12. The molecule has 234 valence electrons. The van der Waals surface area contributed by atoms with Crippen LogP contribution in [0.3, 0.4) is 0 Å². The lowest BCUT2D eigenvalue weighted by molar-refractivity contribution is -0.384. The first-order valence-corrected chi connectivity index (χ1v) is 15.0. The van der Waals surface area contributed by atoms with Crippen LogP contribution in [0.2, 0.25) is 5.02 Å². The molecule has 3 amide bonds. The predicted molar refractivity (Wildman–Crippen MR) is 177 cm³/mol. The van der Waals surface area contributed by atoms with Crippen LogP contribution < -0.4 is 16.0 Å². The number of hydrogen-bond acceptors (Lipinski definition) is 7. The first kappa shape index (κ1) is 33.4. The number of aromatic carboxylic acids is 1. The van der Waals surface area contributed by atoms with Gasteiger partial charge < -0.3 is 21.1 Å². The standard InChI is InChI=1S/C33H27ClN4O7S/c1-2-29(32(41)36-23-13-16-27(34)26(19-23)33(42)43)46-25-10-6-9-22(18-25)35-31(40)28(37-30(39)21-7-4-3-5-8-21)17-20-11-14-24(15-12-20)38(44)45/h3-19,29H,2H2,1H3,(H,35,40)(H,36,41)(H,37,39)(H,42,43)/b28-17+. The zero-order valence-corrected chi connectivity index (χ0v) is 25.8. The van der Waals surface area contributed by atoms with Crippen molar-refractivity contribution in [1.82, 2.24) is 5.32 Å². The Labute approximate surface area is 272 Å². The minimum Gasteiger partial charge on any atom is -0.478 e. The lowest BCUT2D eigenvalue weighted by atomic mass is 10.1. The van der Waals surface area contributed by atoms with Gasteiger partial charge in [-0.3, -0.25) is 24.5 Å². The molecular weight excluding hydrogens is 632 g/mol. The minimum atomic E-state index is -1.22. The van der Waals surface area contributed by atoms with Gasteiger partial charge in [0.05, 0.1) is 20.8 Å². The van der Waals surface area contributed by atoms with Crippen LogP contribution >= 0.6 is 23.4 Å². The number of hydrogen-bond donors (Lipinski definition) is 4. The van der Waals surface area contributed by atoms with Gasteiger partial charge in [-0.25, -0.2) is 4.79 Å². The van der Waals surface area contributed by atoms with Gasteiger partial charge in [0.2, 0.25) is 5.91 Å². The predicted octanol–water partition coefficient (Wildman–Crippen LogP) is 6.87. The van der Waals surface area contributed by atoms with E-state index in [4.69, 9.17) is 11.6 Å². The number of nitrogens with zero attached hydrogens (tertiary/aromatic N) is 1. The molecule has 0 bridgehead atoms. The Morgan fingerprint density at radius 3 is 2.26 bits per heavy atom. The van der Waals surface area contributed by atoms with Gasteiger partial charge in [-0.1, -0.05) is 42.8 Å². The summed E-state index contributed by atoms with van der Waals surface area (Å²) >= 11 is 7.18. The van der Waals surface area contributed by atoms with Crippen molar-refractivity contribution < 1.29 is 29.2 Å². The first-order valence-electron chi connectivity index (χ1n) is 13.8. The van der Waals surface area contributed by atoms with E-state index in [2.05, 4.69) is 16.0 Å². The van der Waals surface area contributed by atoms with E-state index >= 15 is 0 Å². The van der Waals surface area contributed by atoms with E-state index in [1.165, 1.54) is 60.3 Å². The average molecular weight is 659 g/mol. The zero-order chi connectivity index (χ0) is 33.2. The van der Waals surface area contributed by atoms with E-state index in [0.717, 1.165) is 0 Å². The summed E-state index contributed by atoms with van der Waals surface area (Å²) in [4.78, 5) is 62.0. The summed E-state index contributed by atoms with van der Waals surface area (Å²) in [5, 5.41) is 28.0. The molecule has 4 aromatic rings. The first-order chi connectivity index (χ1) is 22.0. The largest absolute Gasteiger partial charge is 0.478 e. The monoisotopic (exact) mass is 658 g/mol. The van der Waals surface area contributed by atoms with Gasteiger partial charge in [0.1, 0.15) is 5.70 Å². The summed E-state index contributed by atoms with van der Waals surface area (Å²) in [5.41, 5.74) is 1.09. The lowest BCUT2D eigenvalue weighted by Gasteiger charge is -2.16. The second-order valence-electron chi connectivity index (χ2n) is 9.71. The van der Waals surface area contributed by atoms with Crippen molar-refractivity contribution in [2.45, 2.75) is 23.5 Å². The summed E-state index contributed by atoms with van der Waals surface area (Å²) in [7, 11) is 0. The summed E-state index contributed by atoms with van der Waals surface area (Å²) in [6.07, 6.45) is 1.85. The number of nitro benzene ring substituents is 1. The Kier molecular flexibility index (Phi) is 11.3. The molecule has 0 fully saturated rings. The van der Waals surface area contributed by atoms with Crippen molar-refractivity contribution in [3.63, 3.8) is 0 Å². The maximum atomic E-state index is 13.4. The van der Waals surface area contributed by atoms with Crippen molar-refractivity contribution in [3.05, 3.63) is 135 Å². The number of non-ortho nitro benzene ring substituents is 1. The van der Waals surface area contributed by atoms with E-state index in [9.17, 15) is 34.4 Å². The van der Waals surface area contributed by atoms with Crippen molar-refractivity contribution >= 4 is 70.2 Å². The molecule has 0 radical (unpaired) electrons. The molecule has 0 heterocycles. The molecule has 13 heteroatoms. The highest BCUT2D eigenvalue weighted by Crippen LogP contribution is 2.29. The number of carboxylic acids is 1. The third kappa shape index (κ3) is 9.03. The molecule has 1 unspecified atom stereocenters. The number of rotatable bonds is 12. The Morgan fingerprint density at radius 1 is 0.913 bits per heavy atom. The van der Waals surface area contributed by atoms with Crippen molar-refractivity contribution in [2.24, 2.45) is 0 Å². The number of carbonyl (C=O) groups excluding carboxylic acids is 3. The van der Waals surface area contributed by atoms with Gasteiger partial charge in [-0.15, -0.1) is 11.8 Å². The summed E-state index contributed by atoms with van der Waals surface area (Å²) < 4.78 is 0. The molecule has 4 N–H and O–H groups in total. The number of carbonyl (C=O) groups is 4. The fourth-order valence-corrected chi connectivity index (χ4v) is 5.33. The summed E-state index contributed by atoms with van der Waals surface area (Å²) in [5.74, 6) is -2.74. The number of nitrogens with one attached hydrogen (secondary N) is 3. The second-order valence-corrected chi connectivity index (χ2v) is 11.4. The maximum Gasteiger partial charge on any atom is 0.337 e. The molecule has 1 atom stereocenters. The quantitative estimate of drug-likeness (QED) is 0.0554. The lowest BCUT2D eigenvalue weighted by Crippen LogP contribution is -2.30. The number of nitro groups is 1. The molecule has 4 aromatic carbocycles. The van der Waals surface area contributed by atoms with Crippen molar-refractivity contribution in [2.75, 3.05) is 10.6 Å². The number of carboxylic acid groups (broad SMARTS) is 1. The Bertz CT molecular complexity index is 1810. The van der Waals surface area contributed by atoms with Gasteiger partial charge in [0.25, 0.3) is 17.5 Å². The number of amides is 3. The van der Waals surface area contributed by atoms with E-state index in [0.29, 0.717) is 28.1 Å². The Hall–Kier alpha value is -5.46. The van der Waals surface area contributed by atoms with Gasteiger partial charge in [0, 0.05) is 34.0 Å². The van der Waals surface area contributed by atoms with Gasteiger partial charge in [0.15, 0.2) is 0 Å². The summed E-state index contributed by atoms with van der Waals surface area (Å²) in [6, 6.07) is 24.8. The molecule has 0 aliphatic heterocycles. The molecule has 0 aliphatic rings. The van der Waals surface area contributed by atoms with E-state index in [-0.39, 0.29) is 33.6 Å². The average Bonchev–Trinajstić information content (AvgIpc) is 3.04. The topological polar surface area (TPSA) is 168 Å². The van der Waals surface area contributed by atoms with Crippen molar-refractivity contribution in [3.8, 4) is 0 Å². The SMILES string of the molecule is CCC(Sc1cccc(NC(=O)/C(=C\c2ccc([N+](=O)[O-])cc2)NC(=O)c2ccccc2)c1)C(=O)Nc1ccc(Cl)c(C(=O)O)c1. The highest BCUT2D eigenvalue weighted by atomic mass is 35.5. The number of benzene rings is 4. The third-order valence-corrected chi connectivity index (χ3v) is 8.13. The fraction of sp³-hybridized carbons (Fsp3) is 0.0909. The Balaban J connectivity index is 1.51.